The number of rotatable bonds is 4. The van der Waals surface area contributed by atoms with Gasteiger partial charge in [-0.1, -0.05) is 145 Å². The van der Waals surface area contributed by atoms with Gasteiger partial charge in [0.2, 0.25) is 0 Å². The molecule has 0 unspecified atom stereocenters. The lowest BCUT2D eigenvalue weighted by Crippen LogP contribution is -2.60. The van der Waals surface area contributed by atoms with E-state index < -0.39 is 0 Å². The molecule has 4 heterocycles. The van der Waals surface area contributed by atoms with E-state index in [4.69, 9.17) is 0 Å². The summed E-state index contributed by atoms with van der Waals surface area (Å²) in [6, 6.07) is 59.7. The molecule has 5 heteroatoms. The Bertz CT molecular complexity index is 3120. The zero-order valence-electron chi connectivity index (χ0n) is 35.3. The SMILES string of the molecule is Cc1cc2c3c(c1)N(c1ccccc1)c1c(sc4ccc(-c5ccc(C(C)(C)C)cc5)cc14)B3c1c(sc3ccccc13)N2c1cccc(-c2ccc(C(C)(C)C)cc2)c1. The summed E-state index contributed by atoms with van der Waals surface area (Å²) < 4.78 is 4.04. The quantitative estimate of drug-likeness (QED) is 0.163. The van der Waals surface area contributed by atoms with Crippen LogP contribution in [-0.4, -0.2) is 6.71 Å². The number of aryl methyl sites for hydroxylation is 1. The molecule has 2 aliphatic rings. The average Bonchev–Trinajstić information content (AvgIpc) is 3.82. The zero-order valence-corrected chi connectivity index (χ0v) is 36.9. The van der Waals surface area contributed by atoms with Gasteiger partial charge in [-0.05, 0) is 128 Å². The zero-order chi connectivity index (χ0) is 41.1. The molecule has 0 N–H and O–H groups in total. The Morgan fingerprint density at radius 2 is 1.02 bits per heavy atom. The molecule has 0 radical (unpaired) electrons. The smallest absolute Gasteiger partial charge is 0.266 e. The molecule has 0 aliphatic carbocycles. The molecular formula is C55H47BN2S2. The van der Waals surface area contributed by atoms with Gasteiger partial charge in [-0.3, -0.25) is 0 Å². The third-order valence-corrected chi connectivity index (χ3v) is 15.0. The molecule has 11 rings (SSSR count). The van der Waals surface area contributed by atoms with Crippen LogP contribution in [0.25, 0.3) is 42.4 Å². The highest BCUT2D eigenvalue weighted by Crippen LogP contribution is 2.51. The van der Waals surface area contributed by atoms with Crippen molar-refractivity contribution < 1.29 is 0 Å². The Morgan fingerprint density at radius 1 is 0.450 bits per heavy atom. The molecule has 0 saturated carbocycles. The normalized spacial score (nSPS) is 13.5. The summed E-state index contributed by atoms with van der Waals surface area (Å²) in [5.41, 5.74) is 18.1. The molecule has 2 aromatic heterocycles. The van der Waals surface area contributed by atoms with Gasteiger partial charge >= 0.3 is 0 Å². The second-order valence-electron chi connectivity index (χ2n) is 18.7. The first kappa shape index (κ1) is 37.1. The molecule has 292 valence electrons. The Labute approximate surface area is 362 Å². The van der Waals surface area contributed by atoms with Crippen molar-refractivity contribution in [3.8, 4) is 22.3 Å². The van der Waals surface area contributed by atoms with Crippen molar-refractivity contribution in [2.24, 2.45) is 0 Å². The van der Waals surface area contributed by atoms with Crippen molar-refractivity contribution >= 4 is 98.7 Å². The summed E-state index contributed by atoms with van der Waals surface area (Å²) in [5, 5.41) is 3.95. The van der Waals surface area contributed by atoms with E-state index in [1.807, 2.05) is 22.7 Å². The van der Waals surface area contributed by atoms with Crippen molar-refractivity contribution in [1.82, 2.24) is 0 Å². The van der Waals surface area contributed by atoms with Gasteiger partial charge in [0.15, 0.2) is 0 Å². The highest BCUT2D eigenvalue weighted by Gasteiger charge is 2.47. The Balaban J connectivity index is 1.16. The van der Waals surface area contributed by atoms with E-state index in [0.717, 1.165) is 0 Å². The van der Waals surface area contributed by atoms with Crippen LogP contribution in [0.1, 0.15) is 58.2 Å². The van der Waals surface area contributed by atoms with Crippen molar-refractivity contribution in [3.63, 3.8) is 0 Å². The van der Waals surface area contributed by atoms with Crippen LogP contribution < -0.4 is 25.5 Å². The van der Waals surface area contributed by atoms with Crippen LogP contribution in [0.4, 0.5) is 33.4 Å². The number of benzene rings is 7. The maximum atomic E-state index is 2.58. The molecule has 0 atom stereocenters. The van der Waals surface area contributed by atoms with Gasteiger partial charge in [-0.25, -0.2) is 0 Å². The number of thiophene rings is 2. The van der Waals surface area contributed by atoms with Crippen LogP contribution in [0.2, 0.25) is 0 Å². The van der Waals surface area contributed by atoms with Gasteiger partial charge < -0.3 is 9.80 Å². The van der Waals surface area contributed by atoms with Gasteiger partial charge in [-0.2, -0.15) is 0 Å². The van der Waals surface area contributed by atoms with Crippen LogP contribution >= 0.6 is 22.7 Å². The predicted octanol–water partition coefficient (Wildman–Crippen LogP) is 14.4. The molecule has 0 spiro atoms. The molecule has 0 fully saturated rings. The second-order valence-corrected chi connectivity index (χ2v) is 20.8. The maximum Gasteiger partial charge on any atom is 0.266 e. The molecular weight excluding hydrogens is 764 g/mol. The Morgan fingerprint density at radius 3 is 1.68 bits per heavy atom. The second kappa shape index (κ2) is 13.6. The summed E-state index contributed by atoms with van der Waals surface area (Å²) >= 11 is 3.90. The number of para-hydroxylation sites is 1. The summed E-state index contributed by atoms with van der Waals surface area (Å²) in [6.45, 7) is 16.0. The van der Waals surface area contributed by atoms with E-state index in [-0.39, 0.29) is 17.5 Å². The maximum absolute atomic E-state index is 2.58. The third-order valence-electron chi connectivity index (χ3n) is 12.6. The lowest BCUT2D eigenvalue weighted by Gasteiger charge is -2.42. The van der Waals surface area contributed by atoms with Gasteiger partial charge in [0, 0.05) is 42.3 Å². The van der Waals surface area contributed by atoms with E-state index in [2.05, 4.69) is 216 Å². The molecule has 9 aromatic rings. The Kier molecular flexibility index (Phi) is 8.40. The predicted molar refractivity (Wildman–Crippen MR) is 264 cm³/mol. The van der Waals surface area contributed by atoms with Crippen molar-refractivity contribution in [1.29, 1.82) is 0 Å². The molecule has 0 amide bonds. The summed E-state index contributed by atoms with van der Waals surface area (Å²) in [5.74, 6) is 0. The standard InChI is InChI=1S/C55H47BN2S2/c1-34-30-45-50-46(31-34)58(42-17-13-14-37(32-42)35-20-25-39(26-21-35)54(2,3)4)53-49(43-18-11-12-19-47(43)60-53)56(50)52-51(57(45)41-15-9-8-10-16-41)44-33-38(24-29-48(44)59-52)36-22-27-40(28-23-36)55(5,6)7/h8-33H,1-7H3. The lowest BCUT2D eigenvalue weighted by atomic mass is 9.36. The van der Waals surface area contributed by atoms with Crippen molar-refractivity contribution in [2.75, 3.05) is 9.80 Å². The molecule has 0 saturated heterocycles. The lowest BCUT2D eigenvalue weighted by molar-refractivity contribution is 0.590. The van der Waals surface area contributed by atoms with Gasteiger partial charge in [-0.15, -0.1) is 22.7 Å². The van der Waals surface area contributed by atoms with Crippen LogP contribution in [0.5, 0.6) is 0 Å². The van der Waals surface area contributed by atoms with E-state index in [1.54, 1.807) is 0 Å². The highest BCUT2D eigenvalue weighted by molar-refractivity contribution is 7.35. The fourth-order valence-electron chi connectivity index (χ4n) is 9.52. The minimum atomic E-state index is 0.0769. The fraction of sp³-hybridized carbons (Fsp3) is 0.164. The fourth-order valence-corrected chi connectivity index (χ4v) is 12.1. The average molecular weight is 811 g/mol. The van der Waals surface area contributed by atoms with Gasteiger partial charge in [0.25, 0.3) is 6.71 Å². The van der Waals surface area contributed by atoms with Crippen LogP contribution in [-0.2, 0) is 10.8 Å². The van der Waals surface area contributed by atoms with Gasteiger partial charge in [0.05, 0.1) is 10.7 Å². The number of anilines is 6. The molecule has 0 bridgehead atoms. The van der Waals surface area contributed by atoms with Crippen molar-refractivity contribution in [3.05, 3.63) is 174 Å². The summed E-state index contributed by atoms with van der Waals surface area (Å²) in [4.78, 5) is 5.16. The summed E-state index contributed by atoms with van der Waals surface area (Å²) in [6.07, 6.45) is 0. The first-order chi connectivity index (χ1) is 28.9. The number of hydrogen-bond donors (Lipinski definition) is 0. The van der Waals surface area contributed by atoms with E-state index in [1.165, 1.54) is 108 Å². The minimum absolute atomic E-state index is 0.0769. The number of hydrogen-bond acceptors (Lipinski definition) is 4. The minimum Gasteiger partial charge on any atom is -0.310 e. The first-order valence-electron chi connectivity index (χ1n) is 21.1. The van der Waals surface area contributed by atoms with Crippen molar-refractivity contribution in [2.45, 2.75) is 59.3 Å². The number of nitrogens with zero attached hydrogens (tertiary/aromatic N) is 2. The van der Waals surface area contributed by atoms with E-state index >= 15 is 0 Å². The number of fused-ring (bicyclic) bond motifs is 8. The van der Waals surface area contributed by atoms with Crippen LogP contribution in [0, 0.1) is 6.92 Å². The van der Waals surface area contributed by atoms with E-state index in [0.29, 0.717) is 0 Å². The third kappa shape index (κ3) is 5.89. The molecule has 2 aliphatic heterocycles. The van der Waals surface area contributed by atoms with E-state index in [9.17, 15) is 0 Å². The Hall–Kier alpha value is -5.88. The largest absolute Gasteiger partial charge is 0.310 e. The summed E-state index contributed by atoms with van der Waals surface area (Å²) in [7, 11) is 0. The molecule has 60 heavy (non-hydrogen) atoms. The topological polar surface area (TPSA) is 6.48 Å². The monoisotopic (exact) mass is 810 g/mol. The van der Waals surface area contributed by atoms with Gasteiger partial charge in [0.1, 0.15) is 0 Å². The van der Waals surface area contributed by atoms with Crippen LogP contribution in [0.15, 0.2) is 158 Å². The highest BCUT2D eigenvalue weighted by atomic mass is 32.1. The first-order valence-corrected chi connectivity index (χ1v) is 22.8. The van der Waals surface area contributed by atoms with Crippen LogP contribution in [0.3, 0.4) is 0 Å². The molecule has 7 aromatic carbocycles. The molecule has 2 nitrogen and oxygen atoms in total.